The van der Waals surface area contributed by atoms with E-state index in [0.29, 0.717) is 12.8 Å². The van der Waals surface area contributed by atoms with Crippen molar-refractivity contribution in [3.63, 3.8) is 0 Å². The highest BCUT2D eigenvalue weighted by Gasteiger charge is 2.49. The monoisotopic (exact) mass is 422 g/mol. The molecular weight excluding hydrogens is 392 g/mol. The summed E-state index contributed by atoms with van der Waals surface area (Å²) in [5.41, 5.74) is 0.726. The Hall–Kier alpha value is -2.67. The smallest absolute Gasteiger partial charge is 0.410 e. The lowest BCUT2D eigenvalue weighted by Crippen LogP contribution is -2.59. The summed E-state index contributed by atoms with van der Waals surface area (Å²) in [4.78, 5) is 26.1. The molecule has 1 aromatic heterocycles. The summed E-state index contributed by atoms with van der Waals surface area (Å²) in [6, 6.07) is 9.68. The van der Waals surface area contributed by atoms with E-state index < -0.39 is 5.60 Å². The second-order valence-electron chi connectivity index (χ2n) is 9.09. The largest absolute Gasteiger partial charge is 0.445 e. The Kier molecular flexibility index (Phi) is 5.52. The molecule has 0 spiro atoms. The van der Waals surface area contributed by atoms with Crippen molar-refractivity contribution in [3.8, 4) is 0 Å². The quantitative estimate of drug-likeness (QED) is 0.811. The van der Waals surface area contributed by atoms with E-state index in [1.54, 1.807) is 12.4 Å². The number of ether oxygens (including phenoxy) is 1. The molecule has 2 unspecified atom stereocenters. The molecule has 2 aromatic rings. The summed E-state index contributed by atoms with van der Waals surface area (Å²) in [5, 5.41) is 11.5. The van der Waals surface area contributed by atoms with E-state index in [1.807, 2.05) is 35.2 Å². The normalized spacial score (nSPS) is 27.9. The van der Waals surface area contributed by atoms with Crippen molar-refractivity contribution in [1.82, 2.24) is 14.9 Å². The molecule has 7 nitrogen and oxygen atoms in total. The summed E-state index contributed by atoms with van der Waals surface area (Å²) in [7, 11) is 0. The fourth-order valence-corrected chi connectivity index (χ4v) is 5.40. The van der Waals surface area contributed by atoms with Crippen LogP contribution in [0.25, 0.3) is 0 Å². The standard InChI is InChI=1S/C24H30N4O3/c29-23(31-17-18-7-2-1-3-8-18)28-20-9-6-10-21(28)14-24(30,13-20)19-15-25-22(26-16-19)27-11-4-5-12-27/h1-3,7-8,15-16,20-21,30H,4-6,9-14,17H2. The van der Waals surface area contributed by atoms with Gasteiger partial charge in [-0.1, -0.05) is 30.3 Å². The molecule has 1 aromatic carbocycles. The molecule has 7 heteroatoms. The first-order valence-electron chi connectivity index (χ1n) is 11.4. The van der Waals surface area contributed by atoms with Crippen LogP contribution in [0.5, 0.6) is 0 Å². The molecule has 31 heavy (non-hydrogen) atoms. The molecule has 0 radical (unpaired) electrons. The maximum Gasteiger partial charge on any atom is 0.410 e. The molecule has 1 amide bonds. The number of fused-ring (bicyclic) bond motifs is 2. The van der Waals surface area contributed by atoms with Crippen molar-refractivity contribution in [2.24, 2.45) is 0 Å². The first-order valence-corrected chi connectivity index (χ1v) is 11.4. The van der Waals surface area contributed by atoms with E-state index in [-0.39, 0.29) is 24.8 Å². The highest BCUT2D eigenvalue weighted by atomic mass is 16.6. The highest BCUT2D eigenvalue weighted by Crippen LogP contribution is 2.44. The van der Waals surface area contributed by atoms with Gasteiger partial charge in [0.05, 0.1) is 5.60 Å². The summed E-state index contributed by atoms with van der Waals surface area (Å²) >= 11 is 0. The van der Waals surface area contributed by atoms with Crippen molar-refractivity contribution in [1.29, 1.82) is 0 Å². The van der Waals surface area contributed by atoms with Crippen molar-refractivity contribution in [2.75, 3.05) is 18.0 Å². The second-order valence-corrected chi connectivity index (χ2v) is 9.09. The van der Waals surface area contributed by atoms with Gasteiger partial charge in [-0.15, -0.1) is 0 Å². The predicted molar refractivity (Wildman–Crippen MR) is 117 cm³/mol. The number of rotatable bonds is 4. The van der Waals surface area contributed by atoms with Gasteiger partial charge in [0.15, 0.2) is 0 Å². The summed E-state index contributed by atoms with van der Waals surface area (Å²) in [6.45, 7) is 2.26. The van der Waals surface area contributed by atoms with Crippen LogP contribution in [0.4, 0.5) is 10.7 Å². The zero-order chi connectivity index (χ0) is 21.3. The van der Waals surface area contributed by atoms with Crippen LogP contribution in [-0.4, -0.2) is 51.2 Å². The molecular formula is C24H30N4O3. The Bertz CT molecular complexity index is 885. The van der Waals surface area contributed by atoms with Gasteiger partial charge in [-0.25, -0.2) is 14.8 Å². The van der Waals surface area contributed by atoms with E-state index in [4.69, 9.17) is 4.74 Å². The van der Waals surface area contributed by atoms with Gasteiger partial charge in [0.1, 0.15) is 6.61 Å². The van der Waals surface area contributed by atoms with Gasteiger partial charge in [-0.3, -0.25) is 0 Å². The van der Waals surface area contributed by atoms with Crippen molar-refractivity contribution >= 4 is 12.0 Å². The fourth-order valence-electron chi connectivity index (χ4n) is 5.40. The number of benzene rings is 1. The molecule has 2 bridgehead atoms. The van der Waals surface area contributed by atoms with Crippen molar-refractivity contribution in [2.45, 2.75) is 69.2 Å². The maximum atomic E-state index is 12.9. The Balaban J connectivity index is 1.28. The van der Waals surface area contributed by atoms with E-state index >= 15 is 0 Å². The Labute approximate surface area is 183 Å². The maximum absolute atomic E-state index is 12.9. The van der Waals surface area contributed by atoms with Crippen LogP contribution in [0.2, 0.25) is 0 Å². The highest BCUT2D eigenvalue weighted by molar-refractivity contribution is 5.69. The minimum absolute atomic E-state index is 0.0287. The van der Waals surface area contributed by atoms with E-state index in [0.717, 1.165) is 49.4 Å². The van der Waals surface area contributed by atoms with Crippen LogP contribution >= 0.6 is 0 Å². The molecule has 3 saturated heterocycles. The third kappa shape index (κ3) is 4.11. The molecule has 164 valence electrons. The molecule has 2 atom stereocenters. The number of amides is 1. The third-order valence-electron chi connectivity index (χ3n) is 6.99. The molecule has 0 saturated carbocycles. The minimum atomic E-state index is -1.00. The van der Waals surface area contributed by atoms with Gasteiger partial charge < -0.3 is 19.6 Å². The number of hydrogen-bond acceptors (Lipinski definition) is 6. The average molecular weight is 423 g/mol. The van der Waals surface area contributed by atoms with E-state index in [9.17, 15) is 9.90 Å². The zero-order valence-electron chi connectivity index (χ0n) is 17.8. The first kappa shape index (κ1) is 20.2. The Morgan fingerprint density at radius 3 is 2.32 bits per heavy atom. The number of aromatic nitrogens is 2. The first-order chi connectivity index (χ1) is 15.1. The molecule has 3 fully saturated rings. The fraction of sp³-hybridized carbons (Fsp3) is 0.542. The minimum Gasteiger partial charge on any atom is -0.445 e. The van der Waals surface area contributed by atoms with E-state index in [1.165, 1.54) is 12.8 Å². The zero-order valence-corrected chi connectivity index (χ0v) is 17.8. The summed E-state index contributed by atoms with van der Waals surface area (Å²) in [6.07, 6.45) is 9.45. The molecule has 3 aliphatic heterocycles. The Morgan fingerprint density at radius 2 is 1.68 bits per heavy atom. The third-order valence-corrected chi connectivity index (χ3v) is 6.99. The van der Waals surface area contributed by atoms with Gasteiger partial charge >= 0.3 is 6.09 Å². The number of piperidine rings is 2. The second kappa shape index (κ2) is 8.46. The molecule has 3 aliphatic rings. The van der Waals surface area contributed by atoms with Crippen LogP contribution in [-0.2, 0) is 16.9 Å². The number of carbonyl (C=O) groups excluding carboxylic acids is 1. The number of nitrogens with zero attached hydrogens (tertiary/aromatic N) is 4. The van der Waals surface area contributed by atoms with Crippen LogP contribution in [0.15, 0.2) is 42.7 Å². The lowest BCUT2D eigenvalue weighted by molar-refractivity contribution is -0.0899. The van der Waals surface area contributed by atoms with Gasteiger partial charge in [0.2, 0.25) is 5.95 Å². The number of carbonyl (C=O) groups is 1. The molecule has 1 N–H and O–H groups in total. The van der Waals surface area contributed by atoms with Crippen molar-refractivity contribution in [3.05, 3.63) is 53.9 Å². The number of anilines is 1. The van der Waals surface area contributed by atoms with Crippen LogP contribution < -0.4 is 4.90 Å². The molecule has 4 heterocycles. The molecule has 0 aliphatic carbocycles. The number of aliphatic hydroxyl groups is 1. The predicted octanol–water partition coefficient (Wildman–Crippen LogP) is 3.62. The van der Waals surface area contributed by atoms with Crippen LogP contribution in [0.3, 0.4) is 0 Å². The number of hydrogen-bond donors (Lipinski definition) is 1. The SMILES string of the molecule is O=C(OCc1ccccc1)N1C2CCCC1CC(O)(c1cnc(N3CCCC3)nc1)C2. The van der Waals surface area contributed by atoms with Crippen LogP contribution in [0, 0.1) is 0 Å². The van der Waals surface area contributed by atoms with Crippen molar-refractivity contribution < 1.29 is 14.6 Å². The lowest BCUT2D eigenvalue weighted by atomic mass is 9.73. The topological polar surface area (TPSA) is 78.8 Å². The van der Waals surface area contributed by atoms with Gasteiger partial charge in [0, 0.05) is 56.0 Å². The van der Waals surface area contributed by atoms with Gasteiger partial charge in [-0.2, -0.15) is 0 Å². The Morgan fingerprint density at radius 1 is 1.03 bits per heavy atom. The average Bonchev–Trinajstić information content (AvgIpc) is 3.33. The van der Waals surface area contributed by atoms with Gasteiger partial charge in [-0.05, 0) is 37.7 Å². The summed E-state index contributed by atoms with van der Waals surface area (Å²) < 4.78 is 5.63. The van der Waals surface area contributed by atoms with Gasteiger partial charge in [0.25, 0.3) is 0 Å². The molecule has 5 rings (SSSR count). The lowest BCUT2D eigenvalue weighted by Gasteiger charge is -2.51. The van der Waals surface area contributed by atoms with Crippen LogP contribution in [0.1, 0.15) is 56.1 Å². The summed E-state index contributed by atoms with van der Waals surface area (Å²) in [5.74, 6) is 0.743. The van der Waals surface area contributed by atoms with E-state index in [2.05, 4.69) is 14.9 Å².